The molecular weight excluding hydrogens is 251 g/mol. The summed E-state index contributed by atoms with van der Waals surface area (Å²) in [4.78, 5) is 12.0. The van der Waals surface area contributed by atoms with Crippen LogP contribution in [0, 0.1) is 5.82 Å². The van der Waals surface area contributed by atoms with Crippen LogP contribution in [-0.2, 0) is 4.74 Å². The summed E-state index contributed by atoms with van der Waals surface area (Å²) in [5, 5.41) is 4.10. The standard InChI is InChI=1S/C13H15FN2O3/c1-13(2,3)19-12(17)16-11-6-8(18-4)5-10(14)9(11)7-15-16/h5-7H,1-4H3. The fourth-order valence-corrected chi connectivity index (χ4v) is 1.63. The van der Waals surface area contributed by atoms with Gasteiger partial charge in [-0.1, -0.05) is 0 Å². The van der Waals surface area contributed by atoms with Crippen LogP contribution in [0.4, 0.5) is 9.18 Å². The normalized spacial score (nSPS) is 11.6. The Labute approximate surface area is 109 Å². The van der Waals surface area contributed by atoms with E-state index in [0.717, 1.165) is 4.68 Å². The van der Waals surface area contributed by atoms with Gasteiger partial charge < -0.3 is 9.47 Å². The number of fused-ring (bicyclic) bond motifs is 1. The van der Waals surface area contributed by atoms with Crippen LogP contribution in [0.5, 0.6) is 5.75 Å². The highest BCUT2D eigenvalue weighted by atomic mass is 19.1. The molecule has 0 spiro atoms. The quantitative estimate of drug-likeness (QED) is 0.796. The molecule has 5 nitrogen and oxygen atoms in total. The summed E-state index contributed by atoms with van der Waals surface area (Å²) in [6, 6.07) is 2.78. The van der Waals surface area contributed by atoms with Crippen LogP contribution in [0.25, 0.3) is 10.9 Å². The average molecular weight is 266 g/mol. The van der Waals surface area contributed by atoms with Crippen LogP contribution in [0.2, 0.25) is 0 Å². The molecule has 0 N–H and O–H groups in total. The van der Waals surface area contributed by atoms with Gasteiger partial charge in [0.2, 0.25) is 0 Å². The Balaban J connectivity index is 2.50. The number of halogens is 1. The number of carbonyl (C=O) groups is 1. The van der Waals surface area contributed by atoms with Crippen LogP contribution in [-0.4, -0.2) is 28.6 Å². The van der Waals surface area contributed by atoms with Gasteiger partial charge in [-0.05, 0) is 20.8 Å². The maximum absolute atomic E-state index is 13.8. The molecule has 0 amide bonds. The van der Waals surface area contributed by atoms with Crippen LogP contribution >= 0.6 is 0 Å². The van der Waals surface area contributed by atoms with Crippen molar-refractivity contribution in [2.24, 2.45) is 0 Å². The van der Waals surface area contributed by atoms with Gasteiger partial charge in [0, 0.05) is 12.1 Å². The summed E-state index contributed by atoms with van der Waals surface area (Å²) in [5.74, 6) is -0.181. The van der Waals surface area contributed by atoms with Gasteiger partial charge in [-0.3, -0.25) is 0 Å². The monoisotopic (exact) mass is 266 g/mol. The van der Waals surface area contributed by atoms with Crippen LogP contribution in [0.3, 0.4) is 0 Å². The Hall–Kier alpha value is -2.11. The zero-order valence-corrected chi connectivity index (χ0v) is 11.2. The molecule has 1 aromatic heterocycles. The zero-order valence-electron chi connectivity index (χ0n) is 11.2. The fourth-order valence-electron chi connectivity index (χ4n) is 1.63. The van der Waals surface area contributed by atoms with Crippen molar-refractivity contribution in [1.82, 2.24) is 9.78 Å². The number of rotatable bonds is 1. The smallest absolute Gasteiger partial charge is 0.435 e. The number of aromatic nitrogens is 2. The molecule has 0 aliphatic carbocycles. The first-order chi connectivity index (χ1) is 8.81. The lowest BCUT2D eigenvalue weighted by Gasteiger charge is -2.19. The molecule has 0 aliphatic rings. The lowest BCUT2D eigenvalue weighted by Crippen LogP contribution is -2.27. The van der Waals surface area contributed by atoms with Gasteiger partial charge in [-0.2, -0.15) is 9.78 Å². The Morgan fingerprint density at radius 1 is 1.37 bits per heavy atom. The number of carbonyl (C=O) groups excluding carboxylic acids is 1. The van der Waals surface area contributed by atoms with Crippen molar-refractivity contribution < 1.29 is 18.7 Å². The second kappa shape index (κ2) is 4.53. The van der Waals surface area contributed by atoms with Gasteiger partial charge in [0.15, 0.2) is 0 Å². The van der Waals surface area contributed by atoms with E-state index in [1.807, 2.05) is 0 Å². The van der Waals surface area contributed by atoms with Crippen LogP contribution in [0.15, 0.2) is 18.3 Å². The number of ether oxygens (including phenoxy) is 2. The minimum Gasteiger partial charge on any atom is -0.497 e. The van der Waals surface area contributed by atoms with Crippen molar-refractivity contribution in [2.45, 2.75) is 26.4 Å². The Kier molecular flexibility index (Phi) is 3.18. The summed E-state index contributed by atoms with van der Waals surface area (Å²) >= 11 is 0. The molecule has 19 heavy (non-hydrogen) atoms. The first-order valence-electron chi connectivity index (χ1n) is 5.76. The second-order valence-electron chi connectivity index (χ2n) is 5.08. The average Bonchev–Trinajstić information content (AvgIpc) is 2.70. The van der Waals surface area contributed by atoms with E-state index in [2.05, 4.69) is 5.10 Å². The van der Waals surface area contributed by atoms with Crippen molar-refractivity contribution in [1.29, 1.82) is 0 Å². The first kappa shape index (κ1) is 13.3. The Morgan fingerprint density at radius 3 is 2.63 bits per heavy atom. The number of nitrogens with zero attached hydrogens (tertiary/aromatic N) is 2. The molecule has 102 valence electrons. The highest BCUT2D eigenvalue weighted by Crippen LogP contribution is 2.24. The molecule has 0 radical (unpaired) electrons. The summed E-state index contributed by atoms with van der Waals surface area (Å²) < 4.78 is 25.0. The van der Waals surface area contributed by atoms with Gasteiger partial charge >= 0.3 is 6.09 Å². The Morgan fingerprint density at radius 2 is 2.05 bits per heavy atom. The first-order valence-corrected chi connectivity index (χ1v) is 5.76. The predicted molar refractivity (Wildman–Crippen MR) is 67.9 cm³/mol. The van der Waals surface area contributed by atoms with Crippen LogP contribution < -0.4 is 4.74 Å². The van der Waals surface area contributed by atoms with E-state index >= 15 is 0 Å². The van der Waals surface area contributed by atoms with E-state index < -0.39 is 17.5 Å². The van der Waals surface area contributed by atoms with Crippen molar-refractivity contribution in [3.05, 3.63) is 24.1 Å². The van der Waals surface area contributed by atoms with E-state index in [1.54, 1.807) is 20.8 Å². The van der Waals surface area contributed by atoms with Crippen molar-refractivity contribution in [2.75, 3.05) is 7.11 Å². The second-order valence-corrected chi connectivity index (χ2v) is 5.08. The van der Waals surface area contributed by atoms with Gasteiger partial charge in [-0.15, -0.1) is 0 Å². The lowest BCUT2D eigenvalue weighted by molar-refractivity contribution is 0.0523. The van der Waals surface area contributed by atoms with E-state index in [0.29, 0.717) is 11.3 Å². The molecule has 1 aromatic carbocycles. The van der Waals surface area contributed by atoms with Crippen molar-refractivity contribution in [3.8, 4) is 5.75 Å². The third-order valence-corrected chi connectivity index (χ3v) is 2.41. The third kappa shape index (κ3) is 2.67. The summed E-state index contributed by atoms with van der Waals surface area (Å²) in [6.07, 6.45) is 0.628. The van der Waals surface area contributed by atoms with Gasteiger partial charge in [0.25, 0.3) is 0 Å². The van der Waals surface area contributed by atoms with Crippen LogP contribution in [0.1, 0.15) is 20.8 Å². The molecule has 6 heteroatoms. The summed E-state index contributed by atoms with van der Waals surface area (Å²) in [5.41, 5.74) is -0.335. The molecule has 0 aliphatic heterocycles. The molecule has 0 atom stereocenters. The van der Waals surface area contributed by atoms with E-state index in [-0.39, 0.29) is 5.39 Å². The summed E-state index contributed by atoms with van der Waals surface area (Å²) in [7, 11) is 1.43. The van der Waals surface area contributed by atoms with E-state index in [1.165, 1.54) is 25.4 Å². The zero-order chi connectivity index (χ0) is 14.2. The molecular formula is C13H15FN2O3. The largest absolute Gasteiger partial charge is 0.497 e. The SMILES string of the molecule is COc1cc(F)c2cnn(C(=O)OC(C)(C)C)c2c1. The molecule has 0 bridgehead atoms. The van der Waals surface area contributed by atoms with E-state index in [9.17, 15) is 9.18 Å². The molecule has 0 fully saturated rings. The maximum Gasteiger partial charge on any atom is 0.435 e. The van der Waals surface area contributed by atoms with Gasteiger partial charge in [0.1, 0.15) is 17.2 Å². The molecule has 2 rings (SSSR count). The molecule has 0 unspecified atom stereocenters. The topological polar surface area (TPSA) is 53.4 Å². The number of hydrogen-bond donors (Lipinski definition) is 0. The maximum atomic E-state index is 13.8. The number of methoxy groups -OCH3 is 1. The predicted octanol–water partition coefficient (Wildman–Crippen LogP) is 2.97. The molecule has 0 saturated heterocycles. The fraction of sp³-hybridized carbons (Fsp3) is 0.385. The van der Waals surface area contributed by atoms with Crippen molar-refractivity contribution >= 4 is 17.0 Å². The highest BCUT2D eigenvalue weighted by Gasteiger charge is 2.21. The van der Waals surface area contributed by atoms with E-state index in [4.69, 9.17) is 9.47 Å². The third-order valence-electron chi connectivity index (χ3n) is 2.41. The minimum atomic E-state index is -0.657. The highest BCUT2D eigenvalue weighted by molar-refractivity contribution is 5.89. The van der Waals surface area contributed by atoms with Crippen molar-refractivity contribution in [3.63, 3.8) is 0 Å². The van der Waals surface area contributed by atoms with Gasteiger partial charge in [0.05, 0.1) is 24.2 Å². The lowest BCUT2D eigenvalue weighted by atomic mass is 10.2. The number of hydrogen-bond acceptors (Lipinski definition) is 4. The molecule has 0 saturated carbocycles. The molecule has 1 heterocycles. The minimum absolute atomic E-state index is 0.242. The Bertz CT molecular complexity index is 629. The molecule has 2 aromatic rings. The van der Waals surface area contributed by atoms with Gasteiger partial charge in [-0.25, -0.2) is 9.18 Å². The number of benzene rings is 1. The summed E-state index contributed by atoms with van der Waals surface area (Å²) in [6.45, 7) is 5.24.